The van der Waals surface area contributed by atoms with Gasteiger partial charge >= 0.3 is 6.18 Å². The second kappa shape index (κ2) is 7.03. The predicted octanol–water partition coefficient (Wildman–Crippen LogP) is 6.11. The summed E-state index contributed by atoms with van der Waals surface area (Å²) in [6, 6.07) is 2.87. The first-order valence-electron chi connectivity index (χ1n) is 6.68. The molecule has 0 spiro atoms. The van der Waals surface area contributed by atoms with Gasteiger partial charge in [-0.3, -0.25) is 0 Å². The summed E-state index contributed by atoms with van der Waals surface area (Å²) in [5.74, 6) is 0. The average molecular weight is 428 g/mol. The fraction of sp³-hybridized carbons (Fsp3) is 0.143. The van der Waals surface area contributed by atoms with Crippen LogP contribution in [0.2, 0.25) is 15.1 Å². The molecule has 0 fully saturated rings. The molecule has 2 aromatic heterocycles. The van der Waals surface area contributed by atoms with Crippen LogP contribution in [-0.4, -0.2) is 14.5 Å². The van der Waals surface area contributed by atoms with E-state index in [9.17, 15) is 13.2 Å². The first kappa shape index (κ1) is 18.3. The summed E-state index contributed by atoms with van der Waals surface area (Å²) in [6.07, 6.45) is -0.0968. The van der Waals surface area contributed by atoms with Crippen LogP contribution < -0.4 is 5.32 Å². The zero-order valence-electron chi connectivity index (χ0n) is 12.1. The van der Waals surface area contributed by atoms with Crippen LogP contribution in [0.3, 0.4) is 0 Å². The van der Waals surface area contributed by atoms with Crippen LogP contribution in [0.5, 0.6) is 0 Å². The maximum Gasteiger partial charge on any atom is 0.434 e. The van der Waals surface area contributed by atoms with Gasteiger partial charge in [0, 0.05) is 17.4 Å². The first-order valence-corrected chi connectivity index (χ1v) is 8.63. The lowest BCUT2D eigenvalue weighted by Gasteiger charge is -2.08. The molecule has 1 aromatic carbocycles. The van der Waals surface area contributed by atoms with Crippen molar-refractivity contribution in [2.75, 3.05) is 5.32 Å². The van der Waals surface area contributed by atoms with Crippen molar-refractivity contribution in [3.05, 3.63) is 56.5 Å². The molecule has 0 aliphatic heterocycles. The number of halogens is 6. The molecule has 0 saturated carbocycles. The molecule has 0 radical (unpaired) electrons. The minimum absolute atomic E-state index is 0.00370. The molecule has 0 atom stereocenters. The highest BCUT2D eigenvalue weighted by Crippen LogP contribution is 2.40. The Labute approximate surface area is 159 Å². The summed E-state index contributed by atoms with van der Waals surface area (Å²) in [5.41, 5.74) is -0.723. The van der Waals surface area contributed by atoms with E-state index in [1.807, 2.05) is 0 Å². The summed E-state index contributed by atoms with van der Waals surface area (Å²) in [4.78, 5) is 7.52. The maximum atomic E-state index is 13.3. The fourth-order valence-corrected chi connectivity index (χ4v) is 3.96. The minimum atomic E-state index is -4.58. The summed E-state index contributed by atoms with van der Waals surface area (Å²) >= 11 is 18.8. The minimum Gasteiger partial charge on any atom is -0.332 e. The number of alkyl halides is 3. The Kier molecular flexibility index (Phi) is 5.15. The largest absolute Gasteiger partial charge is 0.434 e. The van der Waals surface area contributed by atoms with E-state index in [0.29, 0.717) is 5.02 Å². The standard InChI is InChI=1S/C14H8Cl3F3N4S/c15-7-3-8(16)11(9(17)4-7)22-13-23-12(14(18,19)20)10(25-13)5-24-2-1-21-6-24/h1-4,6H,5H2,(H,22,23). The third-order valence-electron chi connectivity index (χ3n) is 3.09. The zero-order valence-corrected chi connectivity index (χ0v) is 15.2. The SMILES string of the molecule is FC(F)(F)c1nc(Nc2c(Cl)cc(Cl)cc2Cl)sc1Cn1ccnc1. The number of imidazole rings is 1. The van der Waals surface area contributed by atoms with Crippen molar-refractivity contribution in [1.29, 1.82) is 0 Å². The summed E-state index contributed by atoms with van der Waals surface area (Å²) in [5, 5.41) is 3.43. The lowest BCUT2D eigenvalue weighted by molar-refractivity contribution is -0.141. The van der Waals surface area contributed by atoms with Gasteiger partial charge < -0.3 is 9.88 Å². The zero-order chi connectivity index (χ0) is 18.2. The number of thiazole rings is 1. The van der Waals surface area contributed by atoms with Gasteiger partial charge in [0.05, 0.1) is 33.5 Å². The topological polar surface area (TPSA) is 42.7 Å². The van der Waals surface area contributed by atoms with E-state index in [1.54, 1.807) is 6.20 Å². The highest BCUT2D eigenvalue weighted by Gasteiger charge is 2.37. The van der Waals surface area contributed by atoms with Gasteiger partial charge in [-0.15, -0.1) is 0 Å². The van der Waals surface area contributed by atoms with E-state index < -0.39 is 11.9 Å². The van der Waals surface area contributed by atoms with Gasteiger partial charge in [-0.2, -0.15) is 13.2 Å². The van der Waals surface area contributed by atoms with Crippen molar-refractivity contribution in [3.63, 3.8) is 0 Å². The molecule has 0 bridgehead atoms. The number of anilines is 2. The third-order valence-corrected chi connectivity index (χ3v) is 4.86. The fourth-order valence-electron chi connectivity index (χ4n) is 2.05. The Morgan fingerprint density at radius 3 is 2.40 bits per heavy atom. The number of nitrogens with one attached hydrogen (secondary N) is 1. The first-order chi connectivity index (χ1) is 11.7. The van der Waals surface area contributed by atoms with Crippen LogP contribution in [0.4, 0.5) is 24.0 Å². The van der Waals surface area contributed by atoms with Crippen LogP contribution in [0.25, 0.3) is 0 Å². The maximum absolute atomic E-state index is 13.3. The van der Waals surface area contributed by atoms with Crippen LogP contribution in [0.15, 0.2) is 30.9 Å². The molecule has 1 N–H and O–H groups in total. The molecule has 3 rings (SSSR count). The summed E-state index contributed by atoms with van der Waals surface area (Å²) < 4.78 is 41.3. The molecule has 0 unspecified atom stereocenters. The van der Waals surface area contributed by atoms with Gasteiger partial charge in [-0.1, -0.05) is 46.1 Å². The number of hydrogen-bond donors (Lipinski definition) is 1. The average Bonchev–Trinajstić information content (AvgIpc) is 3.12. The van der Waals surface area contributed by atoms with Crippen molar-refractivity contribution in [2.24, 2.45) is 0 Å². The van der Waals surface area contributed by atoms with Gasteiger partial charge in [-0.05, 0) is 12.1 Å². The van der Waals surface area contributed by atoms with E-state index in [2.05, 4.69) is 15.3 Å². The van der Waals surface area contributed by atoms with Crippen LogP contribution in [-0.2, 0) is 12.7 Å². The quantitative estimate of drug-likeness (QED) is 0.546. The highest BCUT2D eigenvalue weighted by molar-refractivity contribution is 7.15. The van der Waals surface area contributed by atoms with E-state index in [0.717, 1.165) is 11.3 Å². The van der Waals surface area contributed by atoms with Crippen molar-refractivity contribution < 1.29 is 13.2 Å². The third kappa shape index (κ3) is 4.20. The lowest BCUT2D eigenvalue weighted by atomic mass is 10.3. The molecule has 4 nitrogen and oxygen atoms in total. The Morgan fingerprint density at radius 2 is 1.84 bits per heavy atom. The van der Waals surface area contributed by atoms with Gasteiger partial charge in [0.15, 0.2) is 10.8 Å². The molecule has 11 heteroatoms. The molecule has 0 aliphatic carbocycles. The van der Waals surface area contributed by atoms with E-state index in [-0.39, 0.29) is 32.3 Å². The number of aromatic nitrogens is 3. The molecular formula is C14H8Cl3F3N4S. The lowest BCUT2D eigenvalue weighted by Crippen LogP contribution is -2.10. The van der Waals surface area contributed by atoms with Crippen molar-refractivity contribution in [1.82, 2.24) is 14.5 Å². The van der Waals surface area contributed by atoms with Crippen molar-refractivity contribution >= 4 is 57.0 Å². The van der Waals surface area contributed by atoms with Crippen LogP contribution >= 0.6 is 46.1 Å². The van der Waals surface area contributed by atoms with E-state index in [1.165, 1.54) is 29.2 Å². The number of nitrogens with zero attached hydrogens (tertiary/aromatic N) is 3. The molecule has 0 amide bonds. The normalized spacial score (nSPS) is 11.8. The molecule has 0 saturated heterocycles. The van der Waals surface area contributed by atoms with Gasteiger partial charge in [0.1, 0.15) is 0 Å². The second-order valence-corrected chi connectivity index (χ2v) is 7.23. The van der Waals surface area contributed by atoms with E-state index >= 15 is 0 Å². The Balaban J connectivity index is 1.96. The molecule has 0 aliphatic rings. The Bertz CT molecular complexity index is 870. The smallest absolute Gasteiger partial charge is 0.332 e. The molecule has 132 valence electrons. The monoisotopic (exact) mass is 426 g/mol. The van der Waals surface area contributed by atoms with Crippen molar-refractivity contribution in [3.8, 4) is 0 Å². The predicted molar refractivity (Wildman–Crippen MR) is 93.2 cm³/mol. The van der Waals surface area contributed by atoms with Crippen molar-refractivity contribution in [2.45, 2.75) is 12.7 Å². The van der Waals surface area contributed by atoms with E-state index in [4.69, 9.17) is 34.8 Å². The Morgan fingerprint density at radius 1 is 1.16 bits per heavy atom. The number of benzene rings is 1. The van der Waals surface area contributed by atoms with Crippen LogP contribution in [0, 0.1) is 0 Å². The second-order valence-electron chi connectivity index (χ2n) is 4.89. The number of rotatable bonds is 4. The van der Waals surface area contributed by atoms with Gasteiger partial charge in [0.25, 0.3) is 0 Å². The Hall–Kier alpha value is -1.48. The molecule has 3 aromatic rings. The number of hydrogen-bond acceptors (Lipinski definition) is 4. The van der Waals surface area contributed by atoms with Gasteiger partial charge in [0.2, 0.25) is 0 Å². The summed E-state index contributed by atoms with van der Waals surface area (Å²) in [7, 11) is 0. The molecular weight excluding hydrogens is 420 g/mol. The molecule has 2 heterocycles. The van der Waals surface area contributed by atoms with Crippen LogP contribution in [0.1, 0.15) is 10.6 Å². The van der Waals surface area contributed by atoms with Gasteiger partial charge in [-0.25, -0.2) is 9.97 Å². The summed E-state index contributed by atoms with van der Waals surface area (Å²) in [6.45, 7) is -0.00370. The highest BCUT2D eigenvalue weighted by atomic mass is 35.5. The molecule has 25 heavy (non-hydrogen) atoms.